The van der Waals surface area contributed by atoms with E-state index in [2.05, 4.69) is 6.58 Å². The van der Waals surface area contributed by atoms with Crippen LogP contribution in [0.5, 0.6) is 0 Å². The highest BCUT2D eigenvalue weighted by Crippen LogP contribution is 2.30. The van der Waals surface area contributed by atoms with E-state index in [0.717, 1.165) is 21.8 Å². The molecule has 1 aromatic rings. The lowest BCUT2D eigenvalue weighted by atomic mass is 10.1. The van der Waals surface area contributed by atoms with Crippen LogP contribution in [-0.4, -0.2) is 11.5 Å². The van der Waals surface area contributed by atoms with E-state index in [0.29, 0.717) is 6.42 Å². The summed E-state index contributed by atoms with van der Waals surface area (Å²) in [6.07, 6.45) is 2.48. The predicted molar refractivity (Wildman–Crippen MR) is 56.2 cm³/mol. The smallest absolute Gasteiger partial charge is 0.164 e. The lowest BCUT2D eigenvalue weighted by Gasteiger charge is -2.13. The van der Waals surface area contributed by atoms with Crippen LogP contribution < -0.4 is 0 Å². The summed E-state index contributed by atoms with van der Waals surface area (Å²) >= 11 is 1.75. The Morgan fingerprint density at radius 3 is 3.08 bits per heavy atom. The third-order valence-electron chi connectivity index (χ3n) is 2.13. The fourth-order valence-electron chi connectivity index (χ4n) is 1.40. The quantitative estimate of drug-likeness (QED) is 0.677. The summed E-state index contributed by atoms with van der Waals surface area (Å²) in [7, 11) is 0. The number of rotatable bonds is 1. The van der Waals surface area contributed by atoms with Crippen LogP contribution >= 0.6 is 11.8 Å². The van der Waals surface area contributed by atoms with Crippen molar-refractivity contribution in [2.45, 2.75) is 11.3 Å². The molecule has 66 valence electrons. The highest BCUT2D eigenvalue weighted by atomic mass is 32.2. The predicted octanol–water partition coefficient (Wildman–Crippen LogP) is 3.01. The van der Waals surface area contributed by atoms with Crippen molar-refractivity contribution in [2.24, 2.45) is 0 Å². The first-order valence-corrected chi connectivity index (χ1v) is 5.22. The van der Waals surface area contributed by atoms with Gasteiger partial charge in [-0.3, -0.25) is 4.79 Å². The molecule has 2 heteroatoms. The van der Waals surface area contributed by atoms with Crippen molar-refractivity contribution in [3.05, 3.63) is 35.9 Å². The van der Waals surface area contributed by atoms with E-state index in [1.54, 1.807) is 17.8 Å². The molecule has 2 rings (SSSR count). The van der Waals surface area contributed by atoms with Crippen LogP contribution in [0.25, 0.3) is 6.08 Å². The monoisotopic (exact) mass is 190 g/mol. The zero-order chi connectivity index (χ0) is 9.26. The van der Waals surface area contributed by atoms with Gasteiger partial charge in [0.05, 0.1) is 0 Å². The summed E-state index contributed by atoms with van der Waals surface area (Å²) in [5, 5.41) is 0. The van der Waals surface area contributed by atoms with Gasteiger partial charge < -0.3 is 0 Å². The van der Waals surface area contributed by atoms with E-state index in [1.165, 1.54) is 0 Å². The van der Waals surface area contributed by atoms with E-state index in [-0.39, 0.29) is 5.78 Å². The molecule has 0 aliphatic carbocycles. The van der Waals surface area contributed by atoms with E-state index in [4.69, 9.17) is 0 Å². The largest absolute Gasteiger partial charge is 0.294 e. The molecule has 0 bridgehead atoms. The van der Waals surface area contributed by atoms with Gasteiger partial charge in [-0.05, 0) is 17.7 Å². The summed E-state index contributed by atoms with van der Waals surface area (Å²) in [6.45, 7) is 3.70. The Bertz CT molecular complexity index is 368. The van der Waals surface area contributed by atoms with Gasteiger partial charge in [-0.2, -0.15) is 0 Å². The van der Waals surface area contributed by atoms with Gasteiger partial charge in [0.2, 0.25) is 0 Å². The lowest BCUT2D eigenvalue weighted by molar-refractivity contribution is 0.0985. The number of ketones is 1. The average molecular weight is 190 g/mol. The summed E-state index contributed by atoms with van der Waals surface area (Å²) in [5.41, 5.74) is 1.96. The van der Waals surface area contributed by atoms with Crippen LogP contribution in [0.15, 0.2) is 29.7 Å². The average Bonchev–Trinajstić information content (AvgIpc) is 2.18. The number of hydrogen-bond donors (Lipinski definition) is 0. The van der Waals surface area contributed by atoms with Gasteiger partial charge in [-0.25, -0.2) is 0 Å². The molecular formula is C11H10OS. The van der Waals surface area contributed by atoms with Crippen molar-refractivity contribution >= 4 is 23.6 Å². The molecule has 1 aliphatic rings. The molecule has 0 saturated carbocycles. The van der Waals surface area contributed by atoms with Gasteiger partial charge >= 0.3 is 0 Å². The second-order valence-electron chi connectivity index (χ2n) is 2.98. The molecule has 1 heterocycles. The zero-order valence-corrected chi connectivity index (χ0v) is 8.06. The fourth-order valence-corrected chi connectivity index (χ4v) is 2.47. The molecule has 0 radical (unpaired) electrons. The first kappa shape index (κ1) is 8.57. The lowest BCUT2D eigenvalue weighted by Crippen LogP contribution is -2.07. The standard InChI is InChI=1S/C11H10OS/c1-2-8-3-4-9-10(12)5-6-13-11(9)7-8/h2-4,7H,1,5-6H2. The van der Waals surface area contributed by atoms with Gasteiger partial charge in [0.1, 0.15) is 0 Å². The molecule has 1 nitrogen and oxygen atoms in total. The summed E-state index contributed by atoms with van der Waals surface area (Å²) < 4.78 is 0. The number of thioether (sulfide) groups is 1. The SMILES string of the molecule is C=Cc1ccc2c(c1)SCCC2=O. The fraction of sp³-hybridized carbons (Fsp3) is 0.182. The Balaban J connectivity index is 2.51. The van der Waals surface area contributed by atoms with E-state index in [9.17, 15) is 4.79 Å². The highest BCUT2D eigenvalue weighted by molar-refractivity contribution is 7.99. The molecule has 0 aromatic heterocycles. The number of carbonyl (C=O) groups excluding carboxylic acids is 1. The number of fused-ring (bicyclic) bond motifs is 1. The van der Waals surface area contributed by atoms with E-state index >= 15 is 0 Å². The first-order chi connectivity index (χ1) is 6.31. The normalized spacial score (nSPS) is 15.2. The molecule has 13 heavy (non-hydrogen) atoms. The first-order valence-electron chi connectivity index (χ1n) is 4.24. The summed E-state index contributed by atoms with van der Waals surface area (Å²) in [4.78, 5) is 12.6. The minimum absolute atomic E-state index is 0.268. The molecule has 0 saturated heterocycles. The van der Waals surface area contributed by atoms with Gasteiger partial charge in [-0.1, -0.05) is 18.7 Å². The van der Waals surface area contributed by atoms with Crippen molar-refractivity contribution in [1.82, 2.24) is 0 Å². The van der Waals surface area contributed by atoms with Crippen molar-refractivity contribution in [3.8, 4) is 0 Å². The third kappa shape index (κ3) is 1.54. The summed E-state index contributed by atoms with van der Waals surface area (Å²) in [5.74, 6) is 1.18. The maximum atomic E-state index is 11.4. The summed E-state index contributed by atoms with van der Waals surface area (Å²) in [6, 6.07) is 5.88. The van der Waals surface area contributed by atoms with Gasteiger partial charge in [0.15, 0.2) is 5.78 Å². The Hall–Kier alpha value is -1.02. The van der Waals surface area contributed by atoms with Crippen LogP contribution in [0.4, 0.5) is 0 Å². The maximum Gasteiger partial charge on any atom is 0.164 e. The number of Topliss-reactive ketones (excluding diaryl/α,β-unsaturated/α-hetero) is 1. The van der Waals surface area contributed by atoms with Crippen molar-refractivity contribution in [2.75, 3.05) is 5.75 Å². The maximum absolute atomic E-state index is 11.4. The van der Waals surface area contributed by atoms with Gasteiger partial charge in [0, 0.05) is 22.6 Å². The van der Waals surface area contributed by atoms with Crippen LogP contribution in [0.1, 0.15) is 22.3 Å². The van der Waals surface area contributed by atoms with Crippen LogP contribution in [0.2, 0.25) is 0 Å². The van der Waals surface area contributed by atoms with Gasteiger partial charge in [-0.15, -0.1) is 11.8 Å². The molecule has 0 atom stereocenters. The van der Waals surface area contributed by atoms with E-state index < -0.39 is 0 Å². The molecule has 1 aromatic carbocycles. The molecule has 0 fully saturated rings. The van der Waals surface area contributed by atoms with Crippen LogP contribution in [0.3, 0.4) is 0 Å². The number of hydrogen-bond acceptors (Lipinski definition) is 2. The van der Waals surface area contributed by atoms with Crippen molar-refractivity contribution in [3.63, 3.8) is 0 Å². The highest BCUT2D eigenvalue weighted by Gasteiger charge is 2.16. The molecule has 0 amide bonds. The Labute approximate surface area is 81.8 Å². The van der Waals surface area contributed by atoms with Crippen LogP contribution in [0, 0.1) is 0 Å². The molecule has 0 N–H and O–H groups in total. The van der Waals surface area contributed by atoms with E-state index in [1.807, 2.05) is 18.2 Å². The Kier molecular flexibility index (Phi) is 2.23. The number of carbonyl (C=O) groups is 1. The van der Waals surface area contributed by atoms with Gasteiger partial charge in [0.25, 0.3) is 0 Å². The molecule has 0 unspecified atom stereocenters. The topological polar surface area (TPSA) is 17.1 Å². The third-order valence-corrected chi connectivity index (χ3v) is 3.19. The van der Waals surface area contributed by atoms with Crippen molar-refractivity contribution < 1.29 is 4.79 Å². The molecule has 1 aliphatic heterocycles. The second-order valence-corrected chi connectivity index (χ2v) is 4.12. The Morgan fingerprint density at radius 1 is 1.46 bits per heavy atom. The molecule has 0 spiro atoms. The Morgan fingerprint density at radius 2 is 2.31 bits per heavy atom. The van der Waals surface area contributed by atoms with Crippen molar-refractivity contribution in [1.29, 1.82) is 0 Å². The number of benzene rings is 1. The zero-order valence-electron chi connectivity index (χ0n) is 7.25. The second kappa shape index (κ2) is 3.38. The van der Waals surface area contributed by atoms with Crippen LogP contribution in [-0.2, 0) is 0 Å². The molecular weight excluding hydrogens is 180 g/mol. The minimum atomic E-state index is 0.268. The minimum Gasteiger partial charge on any atom is -0.294 e.